The molecule has 0 radical (unpaired) electrons. The van der Waals surface area contributed by atoms with E-state index < -0.39 is 17.9 Å². The Labute approximate surface area is 100 Å². The van der Waals surface area contributed by atoms with E-state index in [4.69, 9.17) is 4.74 Å². The van der Waals surface area contributed by atoms with Crippen LogP contribution in [0.25, 0.3) is 0 Å². The molecule has 96 valence electrons. The molecule has 0 bridgehead atoms. The van der Waals surface area contributed by atoms with E-state index in [2.05, 4.69) is 9.73 Å². The molecular weight excluding hydrogens is 251 g/mol. The summed E-state index contributed by atoms with van der Waals surface area (Å²) in [5.74, 6) is -1.68. The fraction of sp³-hybridized carbons (Fsp3) is 0.273. The smallest absolute Gasteiger partial charge is 0.462 e. The van der Waals surface area contributed by atoms with Crippen LogP contribution in [0.1, 0.15) is 5.56 Å². The summed E-state index contributed by atoms with van der Waals surface area (Å²) in [5.41, 5.74) is -2.96. The summed E-state index contributed by atoms with van der Waals surface area (Å²) in [6.45, 7) is 0. The molecule has 1 atom stereocenters. The number of benzene rings is 1. The molecule has 0 amide bonds. The fourth-order valence-electron chi connectivity index (χ4n) is 1.51. The molecule has 1 aliphatic rings. The van der Waals surface area contributed by atoms with E-state index in [0.29, 0.717) is 5.56 Å². The Morgan fingerprint density at radius 1 is 1.39 bits per heavy atom. The summed E-state index contributed by atoms with van der Waals surface area (Å²) in [6, 6.07) is 5.96. The van der Waals surface area contributed by atoms with Gasteiger partial charge in [-0.2, -0.15) is 13.2 Å². The zero-order chi connectivity index (χ0) is 13.4. The van der Waals surface area contributed by atoms with Crippen molar-refractivity contribution in [2.45, 2.75) is 11.9 Å². The molecule has 0 aliphatic carbocycles. The van der Waals surface area contributed by atoms with E-state index in [-0.39, 0.29) is 5.75 Å². The maximum Gasteiger partial charge on any atom is 0.462 e. The van der Waals surface area contributed by atoms with Crippen molar-refractivity contribution in [2.24, 2.45) is 4.99 Å². The number of carbonyl (C=O) groups is 1. The first-order chi connectivity index (χ1) is 8.40. The number of esters is 1. The van der Waals surface area contributed by atoms with Crippen LogP contribution in [0, 0.1) is 0 Å². The van der Waals surface area contributed by atoms with Crippen molar-refractivity contribution in [3.05, 3.63) is 29.8 Å². The molecule has 1 aromatic rings. The minimum atomic E-state index is -5.01. The van der Waals surface area contributed by atoms with Crippen LogP contribution in [-0.2, 0) is 9.53 Å². The molecule has 2 rings (SSSR count). The van der Waals surface area contributed by atoms with Gasteiger partial charge in [-0.3, -0.25) is 0 Å². The average molecular weight is 259 g/mol. The molecule has 0 saturated heterocycles. The summed E-state index contributed by atoms with van der Waals surface area (Å²) >= 11 is 0. The third-order valence-corrected chi connectivity index (χ3v) is 2.41. The minimum absolute atomic E-state index is 0.0739. The normalized spacial score (nSPS) is 22.0. The summed E-state index contributed by atoms with van der Waals surface area (Å²) in [4.78, 5) is 14.6. The van der Waals surface area contributed by atoms with Crippen LogP contribution in [-0.4, -0.2) is 31.2 Å². The van der Waals surface area contributed by atoms with Crippen molar-refractivity contribution in [2.75, 3.05) is 7.11 Å². The maximum absolute atomic E-state index is 13.0. The molecule has 0 aromatic heterocycles. The van der Waals surface area contributed by atoms with Gasteiger partial charge in [-0.15, -0.1) is 0 Å². The minimum Gasteiger partial charge on any atom is -0.464 e. The van der Waals surface area contributed by atoms with E-state index in [1.54, 1.807) is 6.07 Å². The van der Waals surface area contributed by atoms with Gasteiger partial charge in [0.05, 0.1) is 7.11 Å². The lowest BCUT2D eigenvalue weighted by molar-refractivity contribution is -0.250. The van der Waals surface area contributed by atoms with Crippen molar-refractivity contribution in [3.63, 3.8) is 0 Å². The second-order valence-electron chi connectivity index (χ2n) is 3.53. The van der Waals surface area contributed by atoms with Crippen LogP contribution in [0.15, 0.2) is 29.3 Å². The number of alkyl halides is 3. The van der Waals surface area contributed by atoms with Crippen molar-refractivity contribution in [1.82, 2.24) is 0 Å². The third-order valence-electron chi connectivity index (χ3n) is 2.41. The Hall–Kier alpha value is -2.05. The van der Waals surface area contributed by atoms with Gasteiger partial charge in [0.15, 0.2) is 0 Å². The molecule has 1 unspecified atom stereocenters. The van der Waals surface area contributed by atoms with E-state index in [9.17, 15) is 18.0 Å². The Morgan fingerprint density at radius 2 is 2.06 bits per heavy atom. The van der Waals surface area contributed by atoms with Crippen LogP contribution in [0.5, 0.6) is 5.75 Å². The Bertz CT molecular complexity index is 513. The summed E-state index contributed by atoms with van der Waals surface area (Å²) in [5, 5.41) is 0. The second kappa shape index (κ2) is 4.01. The van der Waals surface area contributed by atoms with Gasteiger partial charge in [0.2, 0.25) is 0 Å². The van der Waals surface area contributed by atoms with Crippen LogP contribution >= 0.6 is 0 Å². The molecule has 1 aliphatic heterocycles. The fourth-order valence-corrected chi connectivity index (χ4v) is 1.51. The first-order valence-electron chi connectivity index (χ1n) is 4.89. The SMILES string of the molecule is COC(=O)C1(C(F)(F)F)N=Cc2ccccc2O1. The van der Waals surface area contributed by atoms with E-state index in [1.807, 2.05) is 0 Å². The topological polar surface area (TPSA) is 47.9 Å². The number of aliphatic imine (C=N–C) groups is 1. The lowest BCUT2D eigenvalue weighted by Crippen LogP contribution is -2.57. The zero-order valence-corrected chi connectivity index (χ0v) is 9.19. The third kappa shape index (κ3) is 1.71. The average Bonchev–Trinajstić information content (AvgIpc) is 2.35. The number of ether oxygens (including phenoxy) is 2. The number of halogens is 3. The van der Waals surface area contributed by atoms with Crippen LogP contribution in [0.3, 0.4) is 0 Å². The first-order valence-corrected chi connectivity index (χ1v) is 4.89. The van der Waals surface area contributed by atoms with Crippen LogP contribution < -0.4 is 4.74 Å². The number of hydrogen-bond acceptors (Lipinski definition) is 4. The van der Waals surface area contributed by atoms with Crippen molar-refractivity contribution >= 4 is 12.2 Å². The largest absolute Gasteiger partial charge is 0.464 e. The Kier molecular flexibility index (Phi) is 2.76. The lowest BCUT2D eigenvalue weighted by Gasteiger charge is -2.32. The van der Waals surface area contributed by atoms with Gasteiger partial charge in [0.25, 0.3) is 0 Å². The Balaban J connectivity index is 2.52. The van der Waals surface area contributed by atoms with E-state index >= 15 is 0 Å². The van der Waals surface area contributed by atoms with Gasteiger partial charge in [0, 0.05) is 11.8 Å². The van der Waals surface area contributed by atoms with Gasteiger partial charge >= 0.3 is 17.9 Å². The number of carbonyl (C=O) groups excluding carboxylic acids is 1. The van der Waals surface area contributed by atoms with Crippen molar-refractivity contribution in [1.29, 1.82) is 0 Å². The van der Waals surface area contributed by atoms with Crippen molar-refractivity contribution in [3.8, 4) is 5.75 Å². The highest BCUT2D eigenvalue weighted by Crippen LogP contribution is 2.40. The molecule has 0 saturated carbocycles. The van der Waals surface area contributed by atoms with Crippen molar-refractivity contribution < 1.29 is 27.4 Å². The van der Waals surface area contributed by atoms with Gasteiger partial charge in [-0.25, -0.2) is 9.79 Å². The number of fused-ring (bicyclic) bond motifs is 1. The first kappa shape index (κ1) is 12.4. The summed E-state index contributed by atoms with van der Waals surface area (Å²) in [7, 11) is 0.842. The highest BCUT2D eigenvalue weighted by Gasteiger charge is 2.66. The molecule has 4 nitrogen and oxygen atoms in total. The standard InChI is InChI=1S/C11H8F3NO3/c1-17-9(16)10(11(12,13)14)15-6-7-4-2-3-5-8(7)18-10/h2-6H,1H3. The van der Waals surface area contributed by atoms with Gasteiger partial charge in [0.1, 0.15) is 5.75 Å². The van der Waals surface area contributed by atoms with Crippen LogP contribution in [0.4, 0.5) is 13.2 Å². The predicted molar refractivity (Wildman–Crippen MR) is 55.5 cm³/mol. The van der Waals surface area contributed by atoms with Crippen LogP contribution in [0.2, 0.25) is 0 Å². The number of hydrogen-bond donors (Lipinski definition) is 0. The highest BCUT2D eigenvalue weighted by atomic mass is 19.4. The van der Waals surface area contributed by atoms with Gasteiger partial charge in [-0.05, 0) is 12.1 Å². The molecule has 0 fully saturated rings. The van der Waals surface area contributed by atoms with E-state index in [1.165, 1.54) is 18.2 Å². The van der Waals surface area contributed by atoms with Gasteiger partial charge in [-0.1, -0.05) is 12.1 Å². The molecule has 18 heavy (non-hydrogen) atoms. The number of methoxy groups -OCH3 is 1. The predicted octanol–water partition coefficient (Wildman–Crippen LogP) is 1.93. The summed E-state index contributed by atoms with van der Waals surface area (Å²) in [6.07, 6.45) is -4.06. The number of para-hydroxylation sites is 1. The van der Waals surface area contributed by atoms with E-state index in [0.717, 1.165) is 13.3 Å². The highest BCUT2D eigenvalue weighted by molar-refractivity contribution is 5.91. The lowest BCUT2D eigenvalue weighted by atomic mass is 10.1. The summed E-state index contributed by atoms with van der Waals surface area (Å²) < 4.78 is 47.8. The quantitative estimate of drug-likeness (QED) is 0.724. The number of nitrogens with zero attached hydrogens (tertiary/aromatic N) is 1. The molecule has 0 spiro atoms. The zero-order valence-electron chi connectivity index (χ0n) is 9.19. The number of rotatable bonds is 1. The molecule has 1 aromatic carbocycles. The molecule has 0 N–H and O–H groups in total. The molecular formula is C11H8F3NO3. The Morgan fingerprint density at radius 3 is 2.67 bits per heavy atom. The second-order valence-corrected chi connectivity index (χ2v) is 3.53. The molecule has 1 heterocycles. The van der Waals surface area contributed by atoms with Gasteiger partial charge < -0.3 is 9.47 Å². The maximum atomic E-state index is 13.0. The monoisotopic (exact) mass is 259 g/mol. The molecule has 7 heteroatoms.